The Hall–Kier alpha value is -0.940. The molecule has 0 saturated carbocycles. The van der Waals surface area contributed by atoms with E-state index in [4.69, 9.17) is 9.26 Å². The van der Waals surface area contributed by atoms with Gasteiger partial charge in [-0.2, -0.15) is 4.98 Å². The van der Waals surface area contributed by atoms with Crippen molar-refractivity contribution in [3.63, 3.8) is 0 Å². The number of aromatic nitrogens is 2. The van der Waals surface area contributed by atoms with E-state index in [2.05, 4.69) is 22.4 Å². The van der Waals surface area contributed by atoms with Gasteiger partial charge in [0.15, 0.2) is 5.82 Å². The molecule has 1 aromatic heterocycles. The normalized spacial score (nSPS) is 33.5. The summed E-state index contributed by atoms with van der Waals surface area (Å²) in [7, 11) is 0. The van der Waals surface area contributed by atoms with Crippen molar-refractivity contribution in [3.05, 3.63) is 11.7 Å². The number of nitrogens with one attached hydrogen (secondary N) is 1. The molecule has 2 fully saturated rings. The molecule has 0 radical (unpaired) electrons. The van der Waals surface area contributed by atoms with Crippen LogP contribution in [0.4, 0.5) is 0 Å². The molecule has 0 aromatic carbocycles. The van der Waals surface area contributed by atoms with Gasteiger partial charge in [0.25, 0.3) is 0 Å². The molecular formula is C13H21N3O2. The van der Waals surface area contributed by atoms with E-state index in [1.165, 1.54) is 12.8 Å². The topological polar surface area (TPSA) is 60.2 Å². The average Bonchev–Trinajstić information content (AvgIpc) is 2.90. The standard InChI is InChI=1S/C13H21N3O2/c1-9-8-17-7-5-10(9)13-15-12(16-18-13)11-4-2-3-6-14-11/h9-11,14H,2-8H2,1H3. The van der Waals surface area contributed by atoms with Crippen LogP contribution in [0.2, 0.25) is 0 Å². The van der Waals surface area contributed by atoms with Crippen LogP contribution in [-0.4, -0.2) is 29.9 Å². The quantitative estimate of drug-likeness (QED) is 0.871. The van der Waals surface area contributed by atoms with Crippen molar-refractivity contribution in [2.45, 2.75) is 44.6 Å². The van der Waals surface area contributed by atoms with Crippen LogP contribution in [0, 0.1) is 5.92 Å². The van der Waals surface area contributed by atoms with Gasteiger partial charge in [-0.1, -0.05) is 18.5 Å². The maximum atomic E-state index is 5.47. The average molecular weight is 251 g/mol. The summed E-state index contributed by atoms with van der Waals surface area (Å²) in [6.45, 7) is 4.84. The van der Waals surface area contributed by atoms with Crippen molar-refractivity contribution in [2.75, 3.05) is 19.8 Å². The van der Waals surface area contributed by atoms with Gasteiger partial charge in [-0.15, -0.1) is 0 Å². The lowest BCUT2D eigenvalue weighted by molar-refractivity contribution is 0.0392. The first-order valence-corrected chi connectivity index (χ1v) is 6.99. The third-order valence-corrected chi connectivity index (χ3v) is 4.04. The highest BCUT2D eigenvalue weighted by Gasteiger charge is 2.30. The van der Waals surface area contributed by atoms with Crippen LogP contribution in [0.1, 0.15) is 56.3 Å². The van der Waals surface area contributed by atoms with Crippen molar-refractivity contribution in [2.24, 2.45) is 5.92 Å². The number of nitrogens with zero attached hydrogens (tertiary/aromatic N) is 2. The molecule has 0 spiro atoms. The zero-order valence-corrected chi connectivity index (χ0v) is 10.9. The van der Waals surface area contributed by atoms with E-state index in [0.29, 0.717) is 11.8 Å². The number of piperidine rings is 1. The molecule has 2 aliphatic rings. The number of hydrogen-bond donors (Lipinski definition) is 1. The predicted molar refractivity (Wildman–Crippen MR) is 66.2 cm³/mol. The molecule has 3 heterocycles. The van der Waals surface area contributed by atoms with E-state index in [-0.39, 0.29) is 6.04 Å². The van der Waals surface area contributed by atoms with E-state index in [1.807, 2.05) is 0 Å². The minimum atomic E-state index is 0.284. The summed E-state index contributed by atoms with van der Waals surface area (Å²) in [6, 6.07) is 0.284. The highest BCUT2D eigenvalue weighted by atomic mass is 16.5. The van der Waals surface area contributed by atoms with E-state index < -0.39 is 0 Å². The van der Waals surface area contributed by atoms with E-state index in [1.54, 1.807) is 0 Å². The fourth-order valence-corrected chi connectivity index (χ4v) is 2.86. The second-order valence-electron chi connectivity index (χ2n) is 5.44. The predicted octanol–water partition coefficient (Wildman–Crippen LogP) is 2.02. The smallest absolute Gasteiger partial charge is 0.230 e. The molecule has 0 aliphatic carbocycles. The van der Waals surface area contributed by atoms with Gasteiger partial charge >= 0.3 is 0 Å². The summed E-state index contributed by atoms with van der Waals surface area (Å²) in [6.07, 6.45) is 4.59. The van der Waals surface area contributed by atoms with Gasteiger partial charge in [0.05, 0.1) is 6.04 Å². The van der Waals surface area contributed by atoms with Gasteiger partial charge in [0, 0.05) is 19.1 Å². The highest BCUT2D eigenvalue weighted by Crippen LogP contribution is 2.31. The second-order valence-corrected chi connectivity index (χ2v) is 5.44. The first-order valence-electron chi connectivity index (χ1n) is 6.99. The lowest BCUT2D eigenvalue weighted by Gasteiger charge is -2.25. The van der Waals surface area contributed by atoms with E-state index >= 15 is 0 Å². The molecule has 2 saturated heterocycles. The van der Waals surface area contributed by atoms with Gasteiger partial charge in [-0.3, -0.25) is 0 Å². The van der Waals surface area contributed by atoms with Crippen LogP contribution in [0.25, 0.3) is 0 Å². The monoisotopic (exact) mass is 251 g/mol. The lowest BCUT2D eigenvalue weighted by Crippen LogP contribution is -2.28. The molecule has 0 bridgehead atoms. The van der Waals surface area contributed by atoms with E-state index in [9.17, 15) is 0 Å². The van der Waals surface area contributed by atoms with Crippen molar-refractivity contribution in [1.29, 1.82) is 0 Å². The van der Waals surface area contributed by atoms with Crippen LogP contribution < -0.4 is 5.32 Å². The Bertz CT molecular complexity index is 387. The summed E-state index contributed by atoms with van der Waals surface area (Å²) in [4.78, 5) is 4.61. The zero-order chi connectivity index (χ0) is 12.4. The number of ether oxygens (including phenoxy) is 1. The molecule has 3 unspecified atom stereocenters. The van der Waals surface area contributed by atoms with Crippen molar-refractivity contribution >= 4 is 0 Å². The summed E-state index contributed by atoms with van der Waals surface area (Å²) in [5, 5.41) is 7.61. The molecule has 18 heavy (non-hydrogen) atoms. The lowest BCUT2D eigenvalue weighted by atomic mass is 9.90. The summed E-state index contributed by atoms with van der Waals surface area (Å²) >= 11 is 0. The Labute approximate surface area is 107 Å². The number of rotatable bonds is 2. The van der Waals surface area contributed by atoms with E-state index in [0.717, 1.165) is 44.3 Å². The molecule has 3 rings (SSSR count). The van der Waals surface area contributed by atoms with Crippen molar-refractivity contribution in [3.8, 4) is 0 Å². The first kappa shape index (κ1) is 12.1. The van der Waals surface area contributed by atoms with Gasteiger partial charge < -0.3 is 14.6 Å². The first-order chi connectivity index (χ1) is 8.84. The zero-order valence-electron chi connectivity index (χ0n) is 10.9. The van der Waals surface area contributed by atoms with Crippen LogP contribution in [-0.2, 0) is 4.74 Å². The molecule has 5 heteroatoms. The molecule has 2 aliphatic heterocycles. The fraction of sp³-hybridized carbons (Fsp3) is 0.846. The summed E-state index contributed by atoms with van der Waals surface area (Å²) in [5.74, 6) is 2.46. The third-order valence-electron chi connectivity index (χ3n) is 4.04. The highest BCUT2D eigenvalue weighted by molar-refractivity contribution is 5.01. The van der Waals surface area contributed by atoms with Crippen LogP contribution in [0.15, 0.2) is 4.52 Å². The molecule has 1 N–H and O–H groups in total. The molecule has 1 aromatic rings. The Morgan fingerprint density at radius 3 is 3.00 bits per heavy atom. The fourth-order valence-electron chi connectivity index (χ4n) is 2.86. The third kappa shape index (κ3) is 2.42. The van der Waals surface area contributed by atoms with Gasteiger partial charge in [-0.25, -0.2) is 0 Å². The van der Waals surface area contributed by atoms with Gasteiger partial charge in [-0.05, 0) is 31.7 Å². The summed E-state index contributed by atoms with van der Waals surface area (Å²) < 4.78 is 10.9. The Kier molecular flexibility index (Phi) is 3.61. The minimum absolute atomic E-state index is 0.284. The SMILES string of the molecule is CC1COCCC1c1nc(C2CCCCN2)no1. The second kappa shape index (κ2) is 5.36. The van der Waals surface area contributed by atoms with Crippen molar-refractivity contribution < 1.29 is 9.26 Å². The van der Waals surface area contributed by atoms with Crippen LogP contribution in [0.3, 0.4) is 0 Å². The molecular weight excluding hydrogens is 230 g/mol. The molecule has 0 amide bonds. The van der Waals surface area contributed by atoms with Crippen molar-refractivity contribution in [1.82, 2.24) is 15.5 Å². The molecule has 5 nitrogen and oxygen atoms in total. The minimum Gasteiger partial charge on any atom is -0.381 e. The Morgan fingerprint density at radius 2 is 2.22 bits per heavy atom. The molecule has 100 valence electrons. The largest absolute Gasteiger partial charge is 0.381 e. The maximum Gasteiger partial charge on any atom is 0.230 e. The van der Waals surface area contributed by atoms with Crippen LogP contribution in [0.5, 0.6) is 0 Å². The Balaban J connectivity index is 1.71. The number of hydrogen-bond acceptors (Lipinski definition) is 5. The van der Waals surface area contributed by atoms with Crippen LogP contribution >= 0.6 is 0 Å². The van der Waals surface area contributed by atoms with Gasteiger partial charge in [0.1, 0.15) is 0 Å². The van der Waals surface area contributed by atoms with Gasteiger partial charge in [0.2, 0.25) is 5.89 Å². The molecule has 3 atom stereocenters. The Morgan fingerprint density at radius 1 is 1.28 bits per heavy atom. The summed E-state index contributed by atoms with van der Waals surface area (Å²) in [5.41, 5.74) is 0. The maximum absolute atomic E-state index is 5.47.